The van der Waals surface area contributed by atoms with Gasteiger partial charge in [-0.3, -0.25) is 14.6 Å². The molecule has 29 heavy (non-hydrogen) atoms. The second-order valence-corrected chi connectivity index (χ2v) is 8.69. The van der Waals surface area contributed by atoms with Gasteiger partial charge in [-0.05, 0) is 31.1 Å². The minimum atomic E-state index is -4.53. The highest BCUT2D eigenvalue weighted by Gasteiger charge is 2.40. The zero-order valence-corrected chi connectivity index (χ0v) is 17.6. The van der Waals surface area contributed by atoms with E-state index in [1.54, 1.807) is 14.1 Å². The number of likely N-dealkylation sites (N-methyl/N-ethyl adjacent to an activating group) is 1. The number of nitrogens with one attached hydrogen (secondary N) is 1. The Labute approximate surface area is 168 Å². The number of amides is 2. The van der Waals surface area contributed by atoms with Crippen molar-refractivity contribution in [2.75, 3.05) is 14.1 Å². The Morgan fingerprint density at radius 2 is 1.83 bits per heavy atom. The molecule has 1 aromatic heterocycles. The van der Waals surface area contributed by atoms with E-state index in [2.05, 4.69) is 10.3 Å². The number of rotatable bonds is 6. The zero-order chi connectivity index (χ0) is 22.1. The molecule has 1 N–H and O–H groups in total. The second kappa shape index (κ2) is 8.20. The molecule has 0 radical (unpaired) electrons. The normalized spacial score (nSPS) is 16.7. The molecule has 1 unspecified atom stereocenters. The van der Waals surface area contributed by atoms with Crippen LogP contribution in [0.15, 0.2) is 12.3 Å². The van der Waals surface area contributed by atoms with Crippen LogP contribution in [0, 0.1) is 5.41 Å². The minimum Gasteiger partial charge on any atom is -0.481 e. The lowest BCUT2D eigenvalue weighted by Crippen LogP contribution is -2.53. The van der Waals surface area contributed by atoms with Crippen molar-refractivity contribution in [2.24, 2.45) is 5.41 Å². The van der Waals surface area contributed by atoms with Crippen molar-refractivity contribution in [1.82, 2.24) is 15.2 Å². The Bertz CT molecular complexity index is 768. The van der Waals surface area contributed by atoms with Crippen LogP contribution in [0.4, 0.5) is 13.2 Å². The third-order valence-corrected chi connectivity index (χ3v) is 4.74. The summed E-state index contributed by atoms with van der Waals surface area (Å²) < 4.78 is 44.0. The maximum atomic E-state index is 12.9. The van der Waals surface area contributed by atoms with Gasteiger partial charge in [-0.1, -0.05) is 20.8 Å². The molecule has 162 valence electrons. The first kappa shape index (κ1) is 23.0. The van der Waals surface area contributed by atoms with E-state index in [1.807, 2.05) is 20.8 Å². The van der Waals surface area contributed by atoms with E-state index in [4.69, 9.17) is 4.74 Å². The standard InChI is InChI=1S/C20H28F3N3O3/c1-11(20(21,22)23)29-15-9-14(24-10-13(15)12-7-8-12)17(27)25-16(19(2,3)4)18(28)26(5)6/h9-12,16H,7-8H2,1-6H3,(H,25,27)/t11-,16?/m0/s1. The third kappa shape index (κ3) is 5.83. The smallest absolute Gasteiger partial charge is 0.425 e. The van der Waals surface area contributed by atoms with Crippen LogP contribution in [0.25, 0.3) is 0 Å². The summed E-state index contributed by atoms with van der Waals surface area (Å²) >= 11 is 0. The van der Waals surface area contributed by atoms with Gasteiger partial charge in [0.2, 0.25) is 5.91 Å². The number of halogens is 3. The molecule has 9 heteroatoms. The van der Waals surface area contributed by atoms with Gasteiger partial charge in [-0.2, -0.15) is 13.2 Å². The molecule has 0 aliphatic heterocycles. The number of nitrogens with zero attached hydrogens (tertiary/aromatic N) is 2. The predicted octanol–water partition coefficient (Wildman–Crippen LogP) is 3.52. The molecule has 1 aliphatic rings. The monoisotopic (exact) mass is 415 g/mol. The molecule has 2 amide bonds. The number of carbonyl (C=O) groups is 2. The molecule has 1 aromatic rings. The molecule has 1 aliphatic carbocycles. The average Bonchev–Trinajstić information content (AvgIpc) is 3.41. The number of carbonyl (C=O) groups excluding carboxylic acids is 2. The Morgan fingerprint density at radius 3 is 2.28 bits per heavy atom. The molecule has 1 saturated carbocycles. The van der Waals surface area contributed by atoms with Crippen molar-refractivity contribution >= 4 is 11.8 Å². The van der Waals surface area contributed by atoms with Gasteiger partial charge in [0, 0.05) is 31.9 Å². The highest BCUT2D eigenvalue weighted by Crippen LogP contribution is 2.44. The number of aromatic nitrogens is 1. The summed E-state index contributed by atoms with van der Waals surface area (Å²) in [5, 5.41) is 2.66. The molecule has 0 spiro atoms. The molecule has 2 rings (SSSR count). The van der Waals surface area contributed by atoms with Crippen LogP contribution in [0.2, 0.25) is 0 Å². The Hall–Kier alpha value is -2.32. The number of alkyl halides is 3. The van der Waals surface area contributed by atoms with Crippen molar-refractivity contribution in [2.45, 2.75) is 64.8 Å². The van der Waals surface area contributed by atoms with Crippen LogP contribution in [-0.4, -0.2) is 54.1 Å². The van der Waals surface area contributed by atoms with Crippen LogP contribution >= 0.6 is 0 Å². The topological polar surface area (TPSA) is 71.5 Å². The molecule has 1 fully saturated rings. The van der Waals surface area contributed by atoms with Gasteiger partial charge in [0.1, 0.15) is 17.5 Å². The van der Waals surface area contributed by atoms with Crippen LogP contribution < -0.4 is 10.1 Å². The molecule has 0 bridgehead atoms. The number of hydrogen-bond acceptors (Lipinski definition) is 4. The summed E-state index contributed by atoms with van der Waals surface area (Å²) in [5.74, 6) is -0.842. The second-order valence-electron chi connectivity index (χ2n) is 8.69. The number of pyridine rings is 1. The summed E-state index contributed by atoms with van der Waals surface area (Å²) in [4.78, 5) is 30.7. The maximum Gasteiger partial charge on any atom is 0.425 e. The number of hydrogen-bond donors (Lipinski definition) is 1. The SMILES string of the molecule is C[C@H](Oc1cc(C(=O)NC(C(=O)N(C)C)C(C)(C)C)ncc1C1CC1)C(F)(F)F. The predicted molar refractivity (Wildman–Crippen MR) is 102 cm³/mol. The lowest BCUT2D eigenvalue weighted by molar-refractivity contribution is -0.189. The molecular formula is C20H28F3N3O3. The highest BCUT2D eigenvalue weighted by molar-refractivity contribution is 5.96. The zero-order valence-electron chi connectivity index (χ0n) is 17.6. The highest BCUT2D eigenvalue weighted by atomic mass is 19.4. The minimum absolute atomic E-state index is 0.00344. The van der Waals surface area contributed by atoms with Crippen molar-refractivity contribution in [3.63, 3.8) is 0 Å². The van der Waals surface area contributed by atoms with E-state index in [-0.39, 0.29) is 23.3 Å². The number of ether oxygens (including phenoxy) is 1. The Balaban J connectivity index is 2.30. The first-order valence-electron chi connectivity index (χ1n) is 9.47. The summed E-state index contributed by atoms with van der Waals surface area (Å²) in [7, 11) is 3.17. The van der Waals surface area contributed by atoms with Gasteiger partial charge < -0.3 is 15.0 Å². The molecular weight excluding hydrogens is 387 g/mol. The fourth-order valence-corrected chi connectivity index (χ4v) is 2.74. The largest absolute Gasteiger partial charge is 0.481 e. The Kier molecular flexibility index (Phi) is 6.49. The lowest BCUT2D eigenvalue weighted by atomic mass is 9.85. The van der Waals surface area contributed by atoms with E-state index in [0.29, 0.717) is 5.56 Å². The average molecular weight is 415 g/mol. The van der Waals surface area contributed by atoms with E-state index in [9.17, 15) is 22.8 Å². The molecule has 6 nitrogen and oxygen atoms in total. The van der Waals surface area contributed by atoms with Crippen molar-refractivity contribution in [1.29, 1.82) is 0 Å². The van der Waals surface area contributed by atoms with Gasteiger partial charge in [0.15, 0.2) is 6.10 Å². The van der Waals surface area contributed by atoms with Crippen molar-refractivity contribution in [3.05, 3.63) is 23.5 Å². The van der Waals surface area contributed by atoms with Gasteiger partial charge in [0.25, 0.3) is 5.91 Å². The fourth-order valence-electron chi connectivity index (χ4n) is 2.74. The van der Waals surface area contributed by atoms with Crippen LogP contribution in [-0.2, 0) is 4.79 Å². The fraction of sp³-hybridized carbons (Fsp3) is 0.650. The van der Waals surface area contributed by atoms with Gasteiger partial charge in [0.05, 0.1) is 0 Å². The third-order valence-electron chi connectivity index (χ3n) is 4.74. The van der Waals surface area contributed by atoms with Crippen LogP contribution in [0.3, 0.4) is 0 Å². The van der Waals surface area contributed by atoms with Crippen LogP contribution in [0.5, 0.6) is 5.75 Å². The molecule has 0 aromatic carbocycles. The van der Waals surface area contributed by atoms with Gasteiger partial charge in [-0.25, -0.2) is 0 Å². The summed E-state index contributed by atoms with van der Waals surface area (Å²) in [5.41, 5.74) is -0.108. The van der Waals surface area contributed by atoms with Gasteiger partial charge in [-0.15, -0.1) is 0 Å². The summed E-state index contributed by atoms with van der Waals surface area (Å²) in [6.45, 7) is 6.34. The van der Waals surface area contributed by atoms with Gasteiger partial charge >= 0.3 is 6.18 Å². The first-order chi connectivity index (χ1) is 13.2. The van der Waals surface area contributed by atoms with E-state index in [1.165, 1.54) is 17.2 Å². The van der Waals surface area contributed by atoms with Crippen molar-refractivity contribution < 1.29 is 27.5 Å². The van der Waals surface area contributed by atoms with Crippen LogP contribution in [0.1, 0.15) is 62.5 Å². The van der Waals surface area contributed by atoms with E-state index < -0.39 is 29.6 Å². The maximum absolute atomic E-state index is 12.9. The van der Waals surface area contributed by atoms with E-state index >= 15 is 0 Å². The first-order valence-corrected chi connectivity index (χ1v) is 9.47. The summed E-state index contributed by atoms with van der Waals surface area (Å²) in [6, 6.07) is 0.402. The molecule has 2 atom stereocenters. The molecule has 0 saturated heterocycles. The van der Waals surface area contributed by atoms with E-state index in [0.717, 1.165) is 19.8 Å². The van der Waals surface area contributed by atoms with Crippen molar-refractivity contribution in [3.8, 4) is 5.75 Å². The quantitative estimate of drug-likeness (QED) is 0.772. The summed E-state index contributed by atoms with van der Waals surface area (Å²) in [6.07, 6.45) is -3.47. The molecule has 1 heterocycles. The lowest BCUT2D eigenvalue weighted by Gasteiger charge is -2.32. The Morgan fingerprint density at radius 1 is 1.24 bits per heavy atom.